The summed E-state index contributed by atoms with van der Waals surface area (Å²) in [6.07, 6.45) is 0. The summed E-state index contributed by atoms with van der Waals surface area (Å²) in [7, 11) is 0. The molecule has 0 aliphatic carbocycles. The zero-order chi connectivity index (χ0) is 14.3. The van der Waals surface area contributed by atoms with Crippen molar-refractivity contribution in [3.05, 3.63) is 35.9 Å². The Labute approximate surface area is 112 Å². The van der Waals surface area contributed by atoms with Gasteiger partial charge in [0.25, 0.3) is 0 Å². The second kappa shape index (κ2) is 7.38. The monoisotopic (exact) mass is 264 g/mol. The van der Waals surface area contributed by atoms with E-state index in [-0.39, 0.29) is 17.9 Å². The van der Waals surface area contributed by atoms with Gasteiger partial charge in [0.05, 0.1) is 5.92 Å². The van der Waals surface area contributed by atoms with Crippen molar-refractivity contribution in [2.45, 2.75) is 13.0 Å². The summed E-state index contributed by atoms with van der Waals surface area (Å²) in [6, 6.07) is 8.49. The first-order chi connectivity index (χ1) is 9.02. The quantitative estimate of drug-likeness (QED) is 0.547. The van der Waals surface area contributed by atoms with Gasteiger partial charge in [0.1, 0.15) is 0 Å². The molecule has 104 valence electrons. The molecule has 2 atom stereocenters. The molecule has 0 aliphatic heterocycles. The molecule has 0 saturated heterocycles. The summed E-state index contributed by atoms with van der Waals surface area (Å²) < 4.78 is 0. The summed E-state index contributed by atoms with van der Waals surface area (Å²) >= 11 is 0. The fourth-order valence-electron chi connectivity index (χ4n) is 1.66. The van der Waals surface area contributed by atoms with Crippen LogP contribution >= 0.6 is 0 Å². The van der Waals surface area contributed by atoms with Crippen LogP contribution in [0, 0.1) is 5.92 Å². The molecule has 0 heterocycles. The zero-order valence-electron chi connectivity index (χ0n) is 10.9. The van der Waals surface area contributed by atoms with Gasteiger partial charge in [-0.15, -0.1) is 0 Å². The first-order valence-corrected chi connectivity index (χ1v) is 6.14. The maximum Gasteiger partial charge on any atom is 0.312 e. The van der Waals surface area contributed by atoms with Gasteiger partial charge in [-0.2, -0.15) is 0 Å². The standard InChI is InChI=1S/C13H20N4O2/c1-9(11(14)10-5-3-2-4-6-10)12(18)16-7-8-17-13(15)19/h2-6,9,11H,7-8,14H2,1H3,(H,16,18)(H3,15,17,19). The average Bonchev–Trinajstić information content (AvgIpc) is 2.42. The number of hydrogen-bond donors (Lipinski definition) is 4. The van der Waals surface area contributed by atoms with Crippen LogP contribution in [0.25, 0.3) is 0 Å². The highest BCUT2D eigenvalue weighted by atomic mass is 16.2. The summed E-state index contributed by atoms with van der Waals surface area (Å²) in [5.74, 6) is -0.501. The molecule has 6 nitrogen and oxygen atoms in total. The van der Waals surface area contributed by atoms with Crippen LogP contribution in [0.15, 0.2) is 30.3 Å². The van der Waals surface area contributed by atoms with Crippen molar-refractivity contribution in [1.82, 2.24) is 10.6 Å². The fourth-order valence-corrected chi connectivity index (χ4v) is 1.66. The normalized spacial score (nSPS) is 13.4. The molecule has 0 aromatic heterocycles. The van der Waals surface area contributed by atoms with Gasteiger partial charge in [0, 0.05) is 19.1 Å². The molecule has 1 aromatic carbocycles. The molecule has 0 spiro atoms. The van der Waals surface area contributed by atoms with E-state index in [1.165, 1.54) is 0 Å². The molecule has 2 unspecified atom stereocenters. The van der Waals surface area contributed by atoms with Crippen molar-refractivity contribution in [1.29, 1.82) is 0 Å². The van der Waals surface area contributed by atoms with Crippen LogP contribution in [-0.2, 0) is 4.79 Å². The largest absolute Gasteiger partial charge is 0.354 e. The van der Waals surface area contributed by atoms with Crippen molar-refractivity contribution in [3.63, 3.8) is 0 Å². The average molecular weight is 264 g/mol. The smallest absolute Gasteiger partial charge is 0.312 e. The molecular weight excluding hydrogens is 244 g/mol. The number of nitrogens with two attached hydrogens (primary N) is 2. The SMILES string of the molecule is CC(C(=O)NCCNC(N)=O)C(N)c1ccccc1. The van der Waals surface area contributed by atoms with E-state index in [9.17, 15) is 9.59 Å². The van der Waals surface area contributed by atoms with Crippen LogP contribution in [0.4, 0.5) is 4.79 Å². The Morgan fingerprint density at radius 1 is 1.16 bits per heavy atom. The van der Waals surface area contributed by atoms with E-state index in [0.717, 1.165) is 5.56 Å². The van der Waals surface area contributed by atoms with Crippen LogP contribution in [0.1, 0.15) is 18.5 Å². The Kier molecular flexibility index (Phi) is 5.81. The predicted molar refractivity (Wildman–Crippen MR) is 73.1 cm³/mol. The van der Waals surface area contributed by atoms with Gasteiger partial charge in [-0.25, -0.2) is 4.79 Å². The first kappa shape index (κ1) is 15.0. The molecule has 0 radical (unpaired) electrons. The van der Waals surface area contributed by atoms with E-state index in [2.05, 4.69) is 10.6 Å². The van der Waals surface area contributed by atoms with Gasteiger partial charge in [0.15, 0.2) is 0 Å². The van der Waals surface area contributed by atoms with Gasteiger partial charge in [0.2, 0.25) is 5.91 Å². The number of carbonyl (C=O) groups is 2. The minimum atomic E-state index is -0.608. The topological polar surface area (TPSA) is 110 Å². The van der Waals surface area contributed by atoms with E-state index in [1.807, 2.05) is 30.3 Å². The minimum absolute atomic E-state index is 0.150. The summed E-state index contributed by atoms with van der Waals surface area (Å²) in [6.45, 7) is 2.40. The third kappa shape index (κ3) is 4.97. The maximum absolute atomic E-state index is 11.9. The second-order valence-corrected chi connectivity index (χ2v) is 4.31. The summed E-state index contributed by atoms with van der Waals surface area (Å²) in [4.78, 5) is 22.3. The Bertz CT molecular complexity index is 422. The van der Waals surface area contributed by atoms with Crippen LogP contribution in [0.5, 0.6) is 0 Å². The molecule has 0 aliphatic rings. The number of amides is 3. The molecule has 6 heteroatoms. The molecule has 0 fully saturated rings. The van der Waals surface area contributed by atoms with Crippen LogP contribution in [0.3, 0.4) is 0 Å². The van der Waals surface area contributed by atoms with E-state index in [0.29, 0.717) is 13.1 Å². The van der Waals surface area contributed by atoms with E-state index in [4.69, 9.17) is 11.5 Å². The van der Waals surface area contributed by atoms with Crippen molar-refractivity contribution in [2.75, 3.05) is 13.1 Å². The van der Waals surface area contributed by atoms with Crippen molar-refractivity contribution in [2.24, 2.45) is 17.4 Å². The predicted octanol–water partition coefficient (Wildman–Crippen LogP) is 0.107. The number of hydrogen-bond acceptors (Lipinski definition) is 3. The lowest BCUT2D eigenvalue weighted by molar-refractivity contribution is -0.125. The number of primary amides is 1. The van der Waals surface area contributed by atoms with E-state index < -0.39 is 6.03 Å². The molecule has 0 bridgehead atoms. The number of benzene rings is 1. The van der Waals surface area contributed by atoms with Crippen molar-refractivity contribution < 1.29 is 9.59 Å². The Morgan fingerprint density at radius 2 is 1.74 bits per heavy atom. The Morgan fingerprint density at radius 3 is 2.32 bits per heavy atom. The van der Waals surface area contributed by atoms with E-state index in [1.54, 1.807) is 6.92 Å². The maximum atomic E-state index is 11.9. The minimum Gasteiger partial charge on any atom is -0.354 e. The third-order valence-corrected chi connectivity index (χ3v) is 2.86. The number of rotatable bonds is 6. The van der Waals surface area contributed by atoms with Crippen LogP contribution in [0.2, 0.25) is 0 Å². The number of nitrogens with one attached hydrogen (secondary N) is 2. The summed E-state index contributed by atoms with van der Waals surface area (Å²) in [5.41, 5.74) is 11.9. The third-order valence-electron chi connectivity index (χ3n) is 2.86. The Hall–Kier alpha value is -2.08. The highest BCUT2D eigenvalue weighted by molar-refractivity contribution is 5.79. The number of urea groups is 1. The van der Waals surface area contributed by atoms with E-state index >= 15 is 0 Å². The Balaban J connectivity index is 2.42. The molecule has 1 aromatic rings. The van der Waals surface area contributed by atoms with Gasteiger partial charge in [-0.3, -0.25) is 4.79 Å². The lowest BCUT2D eigenvalue weighted by Crippen LogP contribution is -2.41. The van der Waals surface area contributed by atoms with Gasteiger partial charge in [-0.05, 0) is 5.56 Å². The molecule has 1 rings (SSSR count). The second-order valence-electron chi connectivity index (χ2n) is 4.31. The molecular formula is C13H20N4O2. The van der Waals surface area contributed by atoms with Crippen LogP contribution in [-0.4, -0.2) is 25.0 Å². The summed E-state index contributed by atoms with van der Waals surface area (Å²) in [5, 5.41) is 5.09. The molecule has 0 saturated carbocycles. The zero-order valence-corrected chi connectivity index (χ0v) is 10.9. The lowest BCUT2D eigenvalue weighted by Gasteiger charge is -2.19. The van der Waals surface area contributed by atoms with Crippen LogP contribution < -0.4 is 22.1 Å². The fraction of sp³-hybridized carbons (Fsp3) is 0.385. The van der Waals surface area contributed by atoms with Gasteiger partial charge >= 0.3 is 6.03 Å². The highest BCUT2D eigenvalue weighted by Crippen LogP contribution is 2.18. The van der Waals surface area contributed by atoms with Gasteiger partial charge in [-0.1, -0.05) is 37.3 Å². The molecule has 6 N–H and O–H groups in total. The lowest BCUT2D eigenvalue weighted by atomic mass is 9.95. The molecule has 3 amide bonds. The van der Waals surface area contributed by atoms with Crippen molar-refractivity contribution in [3.8, 4) is 0 Å². The van der Waals surface area contributed by atoms with Crippen molar-refractivity contribution >= 4 is 11.9 Å². The highest BCUT2D eigenvalue weighted by Gasteiger charge is 2.21. The molecule has 19 heavy (non-hydrogen) atoms. The first-order valence-electron chi connectivity index (χ1n) is 6.14. The number of carbonyl (C=O) groups excluding carboxylic acids is 2. The van der Waals surface area contributed by atoms with Gasteiger partial charge < -0.3 is 22.1 Å².